The number of hydrogen-bond acceptors (Lipinski definition) is 9. The van der Waals surface area contributed by atoms with Crippen molar-refractivity contribution in [1.29, 1.82) is 0 Å². The van der Waals surface area contributed by atoms with Gasteiger partial charge in [0.25, 0.3) is 5.69 Å². The molecule has 2 aromatic carbocycles. The zero-order valence-corrected chi connectivity index (χ0v) is 15.4. The first-order chi connectivity index (χ1) is 13.6. The van der Waals surface area contributed by atoms with Gasteiger partial charge in [-0.05, 0) is 47.2 Å². The molecule has 0 N–H and O–H groups in total. The molecule has 0 aliphatic rings. The van der Waals surface area contributed by atoms with Crippen molar-refractivity contribution in [2.75, 3.05) is 0 Å². The summed E-state index contributed by atoms with van der Waals surface area (Å²) in [5.74, 6) is 1.08. The molecule has 0 aliphatic heterocycles. The van der Waals surface area contributed by atoms with E-state index < -0.39 is 4.92 Å². The maximum atomic E-state index is 10.7. The molecule has 0 radical (unpaired) electrons. The minimum Gasteiger partial charge on any atom is -0.420 e. The van der Waals surface area contributed by atoms with Gasteiger partial charge < -0.3 is 4.42 Å². The molecule has 2 aromatic heterocycles. The number of nitro benzene ring substituents is 1. The van der Waals surface area contributed by atoms with Gasteiger partial charge in [0, 0.05) is 17.7 Å². The van der Waals surface area contributed by atoms with Crippen LogP contribution in [0.4, 0.5) is 5.69 Å². The molecule has 10 nitrogen and oxygen atoms in total. The first-order valence-electron chi connectivity index (χ1n) is 8.15. The molecule has 2 heterocycles. The zero-order valence-electron chi connectivity index (χ0n) is 14.6. The van der Waals surface area contributed by atoms with Gasteiger partial charge in [0.2, 0.25) is 16.9 Å². The lowest BCUT2D eigenvalue weighted by Gasteiger charge is -2.03. The van der Waals surface area contributed by atoms with Crippen molar-refractivity contribution < 1.29 is 9.34 Å². The molecule has 0 spiro atoms. The smallest absolute Gasteiger partial charge is 0.269 e. The number of thioether (sulfide) groups is 1. The Labute approximate surface area is 162 Å². The molecule has 4 rings (SSSR count). The van der Waals surface area contributed by atoms with Gasteiger partial charge in [-0.2, -0.15) is 4.68 Å². The Morgan fingerprint density at radius 3 is 2.71 bits per heavy atom. The maximum absolute atomic E-state index is 10.7. The SMILES string of the molecule is Cc1cccc(-n2nnnc2SCc2nnc(-c3ccc([N+](=O)[O-])cc3)o2)c1. The van der Waals surface area contributed by atoms with Crippen molar-refractivity contribution in [1.82, 2.24) is 30.4 Å². The molecule has 11 heteroatoms. The van der Waals surface area contributed by atoms with Gasteiger partial charge in [-0.3, -0.25) is 10.1 Å². The molecule has 0 fully saturated rings. The fraction of sp³-hybridized carbons (Fsp3) is 0.118. The number of nitrogens with zero attached hydrogens (tertiary/aromatic N) is 7. The highest BCUT2D eigenvalue weighted by atomic mass is 32.2. The average molecular weight is 395 g/mol. The number of nitro groups is 1. The van der Waals surface area contributed by atoms with Crippen molar-refractivity contribution in [3.8, 4) is 17.1 Å². The number of hydrogen-bond donors (Lipinski definition) is 0. The Hall–Kier alpha value is -3.60. The van der Waals surface area contributed by atoms with Crippen LogP contribution in [0.15, 0.2) is 58.1 Å². The van der Waals surface area contributed by atoms with Crippen molar-refractivity contribution in [2.24, 2.45) is 0 Å². The summed E-state index contributed by atoms with van der Waals surface area (Å²) < 4.78 is 7.29. The molecule has 0 amide bonds. The molecule has 0 aliphatic carbocycles. The second-order valence-corrected chi connectivity index (χ2v) is 6.75. The van der Waals surface area contributed by atoms with Gasteiger partial charge in [-0.1, -0.05) is 23.9 Å². The normalized spacial score (nSPS) is 10.9. The third-order valence-corrected chi connectivity index (χ3v) is 4.71. The Bertz CT molecular complexity index is 1120. The van der Waals surface area contributed by atoms with E-state index in [1.54, 1.807) is 16.8 Å². The van der Waals surface area contributed by atoms with Crippen LogP contribution in [0.5, 0.6) is 0 Å². The zero-order chi connectivity index (χ0) is 19.5. The fourth-order valence-corrected chi connectivity index (χ4v) is 3.20. The summed E-state index contributed by atoms with van der Waals surface area (Å²) in [6, 6.07) is 13.8. The summed E-state index contributed by atoms with van der Waals surface area (Å²) in [5, 5.41) is 31.1. The van der Waals surface area contributed by atoms with Crippen molar-refractivity contribution in [3.05, 3.63) is 70.1 Å². The van der Waals surface area contributed by atoms with Crippen LogP contribution < -0.4 is 0 Å². The Morgan fingerprint density at radius 1 is 1.14 bits per heavy atom. The minimum absolute atomic E-state index is 0.00188. The van der Waals surface area contributed by atoms with E-state index >= 15 is 0 Å². The lowest BCUT2D eigenvalue weighted by Crippen LogP contribution is -1.99. The van der Waals surface area contributed by atoms with E-state index in [0.29, 0.717) is 28.3 Å². The summed E-state index contributed by atoms with van der Waals surface area (Å²) in [4.78, 5) is 10.3. The van der Waals surface area contributed by atoms with Gasteiger partial charge in [-0.15, -0.1) is 15.3 Å². The van der Waals surface area contributed by atoms with Crippen LogP contribution in [0.3, 0.4) is 0 Å². The summed E-state index contributed by atoms with van der Waals surface area (Å²) >= 11 is 1.36. The Balaban J connectivity index is 1.47. The van der Waals surface area contributed by atoms with Gasteiger partial charge in [0.15, 0.2) is 0 Å². The maximum Gasteiger partial charge on any atom is 0.269 e. The van der Waals surface area contributed by atoms with E-state index in [1.807, 2.05) is 31.2 Å². The molecule has 0 saturated heterocycles. The van der Waals surface area contributed by atoms with Crippen LogP contribution in [0, 0.1) is 17.0 Å². The second-order valence-electron chi connectivity index (χ2n) is 5.81. The predicted octanol–water partition coefficient (Wildman–Crippen LogP) is 3.22. The Kier molecular flexibility index (Phi) is 4.81. The van der Waals surface area contributed by atoms with Gasteiger partial charge in [0.05, 0.1) is 16.4 Å². The summed E-state index contributed by atoms with van der Waals surface area (Å²) in [6.45, 7) is 2.00. The number of benzene rings is 2. The lowest BCUT2D eigenvalue weighted by atomic mass is 10.2. The highest BCUT2D eigenvalue weighted by Crippen LogP contribution is 2.25. The third kappa shape index (κ3) is 3.74. The largest absolute Gasteiger partial charge is 0.420 e. The minimum atomic E-state index is -0.460. The van der Waals surface area contributed by atoms with Crippen molar-refractivity contribution >= 4 is 17.4 Å². The highest BCUT2D eigenvalue weighted by Gasteiger charge is 2.14. The first kappa shape index (κ1) is 17.8. The number of aryl methyl sites for hydroxylation is 1. The highest BCUT2D eigenvalue weighted by molar-refractivity contribution is 7.98. The van der Waals surface area contributed by atoms with Gasteiger partial charge >= 0.3 is 0 Å². The standard InChI is InChI=1S/C17H13N7O3S/c1-11-3-2-4-14(9-11)23-17(20-21-22-23)28-10-15-18-19-16(27-15)12-5-7-13(8-6-12)24(25)26/h2-9H,10H2,1H3. The average Bonchev–Trinajstić information content (AvgIpc) is 3.36. The monoisotopic (exact) mass is 395 g/mol. The molecule has 0 saturated carbocycles. The molecular formula is C17H13N7O3S. The van der Waals surface area contributed by atoms with E-state index in [-0.39, 0.29) is 5.69 Å². The van der Waals surface area contributed by atoms with Crippen LogP contribution in [0.2, 0.25) is 0 Å². The summed E-state index contributed by atoms with van der Waals surface area (Å²) in [6.07, 6.45) is 0. The van der Waals surface area contributed by atoms with Crippen molar-refractivity contribution in [3.63, 3.8) is 0 Å². The van der Waals surface area contributed by atoms with Crippen LogP contribution >= 0.6 is 11.8 Å². The number of rotatable bonds is 6. The first-order valence-corrected chi connectivity index (χ1v) is 9.14. The molecular weight excluding hydrogens is 382 g/mol. The fourth-order valence-electron chi connectivity index (χ4n) is 2.47. The van der Waals surface area contributed by atoms with E-state index in [1.165, 1.54) is 23.9 Å². The lowest BCUT2D eigenvalue weighted by molar-refractivity contribution is -0.384. The number of tetrazole rings is 1. The molecule has 0 atom stereocenters. The predicted molar refractivity (Wildman–Crippen MR) is 99.8 cm³/mol. The Morgan fingerprint density at radius 2 is 1.96 bits per heavy atom. The van der Waals surface area contributed by atoms with Gasteiger partial charge in [-0.25, -0.2) is 0 Å². The molecule has 0 bridgehead atoms. The molecule has 28 heavy (non-hydrogen) atoms. The van der Waals surface area contributed by atoms with Crippen LogP contribution in [0.1, 0.15) is 11.5 Å². The van der Waals surface area contributed by atoms with E-state index in [2.05, 4.69) is 25.7 Å². The van der Waals surface area contributed by atoms with Crippen LogP contribution in [-0.4, -0.2) is 35.3 Å². The van der Waals surface area contributed by atoms with Crippen LogP contribution in [-0.2, 0) is 5.75 Å². The van der Waals surface area contributed by atoms with Gasteiger partial charge in [0.1, 0.15) is 0 Å². The van der Waals surface area contributed by atoms with Crippen molar-refractivity contribution in [2.45, 2.75) is 17.8 Å². The second kappa shape index (κ2) is 7.56. The number of aromatic nitrogens is 6. The number of non-ortho nitro benzene ring substituents is 1. The van der Waals surface area contributed by atoms with E-state index in [4.69, 9.17) is 4.42 Å². The summed E-state index contributed by atoms with van der Waals surface area (Å²) in [5.41, 5.74) is 2.58. The molecule has 140 valence electrons. The van der Waals surface area contributed by atoms with Crippen LogP contribution in [0.25, 0.3) is 17.1 Å². The third-order valence-electron chi connectivity index (χ3n) is 3.80. The quantitative estimate of drug-likeness (QED) is 0.275. The topological polar surface area (TPSA) is 126 Å². The molecule has 0 unspecified atom stereocenters. The summed E-state index contributed by atoms with van der Waals surface area (Å²) in [7, 11) is 0. The van der Waals surface area contributed by atoms with E-state index in [0.717, 1.165) is 11.3 Å². The van der Waals surface area contributed by atoms with E-state index in [9.17, 15) is 10.1 Å². The molecule has 4 aromatic rings.